The van der Waals surface area contributed by atoms with E-state index in [1.165, 1.54) is 30.8 Å². The smallest absolute Gasteiger partial charge is 0.159 e. The molecule has 0 radical (unpaired) electrons. The second-order valence-electron chi connectivity index (χ2n) is 15.8. The maximum Gasteiger partial charge on any atom is 0.159 e. The van der Waals surface area contributed by atoms with E-state index in [4.69, 9.17) is 19.4 Å². The number of nitrogens with zero attached hydrogens (tertiary/aromatic N) is 3. The van der Waals surface area contributed by atoms with Gasteiger partial charge < -0.3 is 9.73 Å². The first kappa shape index (κ1) is 34.9. The van der Waals surface area contributed by atoms with E-state index in [1.54, 1.807) is 0 Å². The van der Waals surface area contributed by atoms with E-state index in [1.807, 2.05) is 29.5 Å². The first-order chi connectivity index (χ1) is 29.7. The van der Waals surface area contributed by atoms with Crippen LogP contribution in [0.1, 0.15) is 53.6 Å². The summed E-state index contributed by atoms with van der Waals surface area (Å²) in [6.07, 6.45) is 16.5. The molecule has 3 aromatic heterocycles. The third-order valence-electron chi connectivity index (χ3n) is 12.1. The zero-order chi connectivity index (χ0) is 39.6. The summed E-state index contributed by atoms with van der Waals surface area (Å²) in [5.41, 5.74) is 11.3. The first-order valence-corrected chi connectivity index (χ1v) is 21.5. The van der Waals surface area contributed by atoms with Crippen molar-refractivity contribution in [1.29, 1.82) is 0 Å². The van der Waals surface area contributed by atoms with Gasteiger partial charge in [0.15, 0.2) is 5.84 Å². The van der Waals surface area contributed by atoms with Gasteiger partial charge in [-0.2, -0.15) is 0 Å². The Hall–Kier alpha value is -7.15. The number of hydrogen-bond acceptors (Lipinski definition) is 6. The maximum atomic E-state index is 6.43. The molecule has 1 N–H and O–H groups in total. The minimum Gasteiger partial charge on any atom is -0.455 e. The van der Waals surface area contributed by atoms with Crippen molar-refractivity contribution in [1.82, 2.24) is 10.3 Å². The predicted octanol–water partition coefficient (Wildman–Crippen LogP) is 12.1. The molecular weight excluding hydrogens is 753 g/mol. The van der Waals surface area contributed by atoms with Gasteiger partial charge in [-0.15, -0.1) is 11.3 Å². The van der Waals surface area contributed by atoms with Gasteiger partial charge in [-0.1, -0.05) is 158 Å². The number of rotatable bonds is 6. The summed E-state index contributed by atoms with van der Waals surface area (Å²) in [6.45, 7) is 0. The lowest BCUT2D eigenvalue weighted by atomic mass is 9.91. The molecule has 0 saturated heterocycles. The van der Waals surface area contributed by atoms with Crippen molar-refractivity contribution in [2.24, 2.45) is 9.98 Å². The Morgan fingerprint density at radius 3 is 2.37 bits per heavy atom. The molecule has 9 aromatic rings. The molecule has 0 spiro atoms. The van der Waals surface area contributed by atoms with E-state index in [9.17, 15) is 0 Å². The van der Waals surface area contributed by atoms with Crippen molar-refractivity contribution in [3.8, 4) is 22.4 Å². The van der Waals surface area contributed by atoms with E-state index < -0.39 is 0 Å². The molecule has 6 heteroatoms. The molecule has 5 nitrogen and oxygen atoms in total. The summed E-state index contributed by atoms with van der Waals surface area (Å²) in [4.78, 5) is 15.9. The topological polar surface area (TPSA) is 62.8 Å². The second-order valence-corrected chi connectivity index (χ2v) is 16.8. The van der Waals surface area contributed by atoms with Crippen LogP contribution in [-0.2, 0) is 0 Å². The van der Waals surface area contributed by atoms with E-state index in [0.717, 1.165) is 91.6 Å². The lowest BCUT2D eigenvalue weighted by molar-refractivity contribution is 0.670. The quantitative estimate of drug-likeness (QED) is 0.182. The first-order valence-electron chi connectivity index (χ1n) is 20.7. The Morgan fingerprint density at radius 1 is 0.650 bits per heavy atom. The molecule has 2 aliphatic carbocycles. The van der Waals surface area contributed by atoms with Crippen LogP contribution in [-0.4, -0.2) is 16.7 Å². The van der Waals surface area contributed by atoms with Crippen LogP contribution in [0.4, 0.5) is 0 Å². The van der Waals surface area contributed by atoms with Crippen LogP contribution < -0.4 is 15.1 Å². The molecule has 286 valence electrons. The summed E-state index contributed by atoms with van der Waals surface area (Å²) < 4.78 is 9.03. The van der Waals surface area contributed by atoms with Gasteiger partial charge in [0.05, 0.1) is 15.9 Å². The zero-order valence-electron chi connectivity index (χ0n) is 32.7. The molecule has 0 fully saturated rings. The van der Waals surface area contributed by atoms with Crippen molar-refractivity contribution in [2.75, 3.05) is 0 Å². The van der Waals surface area contributed by atoms with Crippen molar-refractivity contribution < 1.29 is 4.42 Å². The number of nitrogens with one attached hydrogen (secondary N) is 1. The highest BCUT2D eigenvalue weighted by Crippen LogP contribution is 2.38. The van der Waals surface area contributed by atoms with Gasteiger partial charge in [0, 0.05) is 54.2 Å². The summed E-state index contributed by atoms with van der Waals surface area (Å²) in [6, 6.07) is 49.1. The second kappa shape index (κ2) is 14.3. The highest BCUT2D eigenvalue weighted by atomic mass is 32.1. The van der Waals surface area contributed by atoms with Crippen molar-refractivity contribution in [3.05, 3.63) is 196 Å². The van der Waals surface area contributed by atoms with Gasteiger partial charge in [0.25, 0.3) is 0 Å². The molecule has 4 heterocycles. The van der Waals surface area contributed by atoms with Crippen LogP contribution in [0.2, 0.25) is 0 Å². The largest absolute Gasteiger partial charge is 0.455 e. The van der Waals surface area contributed by atoms with Crippen LogP contribution in [0.25, 0.3) is 77.5 Å². The average Bonchev–Trinajstić information content (AvgIpc) is 3.91. The molecular formula is C54H38N4OS. The van der Waals surface area contributed by atoms with Crippen LogP contribution in [0.5, 0.6) is 0 Å². The van der Waals surface area contributed by atoms with Gasteiger partial charge in [0.1, 0.15) is 23.2 Å². The lowest BCUT2D eigenvalue weighted by Gasteiger charge is -2.24. The molecule has 12 rings (SSSR count). The monoisotopic (exact) mass is 790 g/mol. The number of fused-ring (bicyclic) bond motifs is 8. The van der Waals surface area contributed by atoms with Crippen LogP contribution >= 0.6 is 11.3 Å². The number of pyridine rings is 1. The number of hydrogen-bond donors (Lipinski definition) is 1. The number of para-hydroxylation sites is 2. The van der Waals surface area contributed by atoms with Gasteiger partial charge in [-0.25, -0.2) is 15.0 Å². The summed E-state index contributed by atoms with van der Waals surface area (Å²) in [5, 5.41) is 9.80. The molecule has 60 heavy (non-hydrogen) atoms. The third-order valence-corrected chi connectivity index (χ3v) is 13.3. The third kappa shape index (κ3) is 5.94. The van der Waals surface area contributed by atoms with Gasteiger partial charge in [-0.05, 0) is 59.4 Å². The van der Waals surface area contributed by atoms with Crippen LogP contribution in [0.3, 0.4) is 0 Å². The molecule has 0 amide bonds. The fourth-order valence-electron chi connectivity index (χ4n) is 9.09. The Morgan fingerprint density at radius 2 is 1.47 bits per heavy atom. The highest BCUT2D eigenvalue weighted by Gasteiger charge is 2.23. The molecule has 2 atom stereocenters. The zero-order valence-corrected chi connectivity index (χ0v) is 33.5. The van der Waals surface area contributed by atoms with E-state index in [2.05, 4.69) is 163 Å². The highest BCUT2D eigenvalue weighted by molar-refractivity contribution is 7.17. The predicted molar refractivity (Wildman–Crippen MR) is 250 cm³/mol. The number of amidine groups is 2. The Labute approximate surface area is 350 Å². The van der Waals surface area contributed by atoms with E-state index in [-0.39, 0.29) is 6.17 Å². The van der Waals surface area contributed by atoms with Gasteiger partial charge in [-0.3, -0.25) is 0 Å². The summed E-state index contributed by atoms with van der Waals surface area (Å²) in [5.74, 6) is 1.81. The van der Waals surface area contributed by atoms with Crippen LogP contribution in [0, 0.1) is 0 Å². The molecule has 2 unspecified atom stereocenters. The number of aromatic nitrogens is 1. The Bertz CT molecular complexity index is 3440. The fraction of sp³-hybridized carbons (Fsp3) is 0.0926. The minimum absolute atomic E-state index is 0.314. The standard InChI is InChI=1S/C54H38N4OS/c1-3-13-33(14-4-1)37-29-30-43-45(32-37)55-49(51-48(43)44-20-8-10-24-47(44)60-51)34-25-27-36(28-26-34)53-56-52(35-15-5-2-6-16-35)57-54(58-53)39-18-11-17-38(31-39)40-21-12-22-42-41-19-7-9-23-46(41)59-50(40)42/h1-7,9,11-13,15-33,52H,8,10,14H2,(H,56,57,58). The number of thiophene rings is 1. The summed E-state index contributed by atoms with van der Waals surface area (Å²) in [7, 11) is 0. The van der Waals surface area contributed by atoms with Gasteiger partial charge in [0.2, 0.25) is 0 Å². The molecule has 6 aromatic carbocycles. The Balaban J connectivity index is 0.950. The number of allylic oxidation sites excluding steroid dienone is 4. The van der Waals surface area contributed by atoms with Crippen LogP contribution in [0.15, 0.2) is 178 Å². The molecule has 3 aliphatic rings. The summed E-state index contributed by atoms with van der Waals surface area (Å²) >= 11 is 1.87. The fourth-order valence-corrected chi connectivity index (χ4v) is 10.4. The van der Waals surface area contributed by atoms with Crippen molar-refractivity contribution >= 4 is 78.1 Å². The average molecular weight is 791 g/mol. The molecule has 0 saturated carbocycles. The SMILES string of the molecule is C1=CCC(c2ccc3c(c2)nc(-c2ccc(C4=NC(c5cccc(-c6cccc7c6oc6ccccc67)c5)=NC(c5ccccc5)N4)cc2)c2sc4c(c23)=CCCC=4)C=C1. The molecule has 1 aliphatic heterocycles. The lowest BCUT2D eigenvalue weighted by Crippen LogP contribution is -2.33. The van der Waals surface area contributed by atoms with Gasteiger partial charge >= 0.3 is 0 Å². The maximum absolute atomic E-state index is 6.43. The normalized spacial score (nSPS) is 17.3. The number of aliphatic imine (C=N–C) groups is 2. The minimum atomic E-state index is -0.314. The molecule has 0 bridgehead atoms. The number of benzene rings is 6. The number of furan rings is 1. The Kier molecular flexibility index (Phi) is 8.30. The van der Waals surface area contributed by atoms with E-state index in [0.29, 0.717) is 11.8 Å². The van der Waals surface area contributed by atoms with Crippen molar-refractivity contribution in [2.45, 2.75) is 31.3 Å². The van der Waals surface area contributed by atoms with Crippen molar-refractivity contribution in [3.63, 3.8) is 0 Å². The van der Waals surface area contributed by atoms with E-state index >= 15 is 0 Å².